The monoisotopic (exact) mass is 381 g/mol. The van der Waals surface area contributed by atoms with Crippen molar-refractivity contribution < 1.29 is 14.0 Å². The number of hydrogen-bond acceptors (Lipinski definition) is 3. The number of Topliss-reactive ketones (excluding diaryl/α,β-unsaturated/α-hetero) is 1. The molecule has 0 saturated carbocycles. The molecule has 0 saturated heterocycles. The Morgan fingerprint density at radius 3 is 2.50 bits per heavy atom. The van der Waals surface area contributed by atoms with E-state index in [9.17, 15) is 14.0 Å². The molecule has 5 nitrogen and oxygen atoms in total. The molecule has 3 aromatic rings. The summed E-state index contributed by atoms with van der Waals surface area (Å²) in [5.41, 5.74) is 2.37. The number of amides is 1. The molecule has 28 heavy (non-hydrogen) atoms. The summed E-state index contributed by atoms with van der Waals surface area (Å²) in [4.78, 5) is 31.6. The molecule has 0 aliphatic heterocycles. The average molecular weight is 381 g/mol. The van der Waals surface area contributed by atoms with Crippen LogP contribution in [-0.4, -0.2) is 28.3 Å². The van der Waals surface area contributed by atoms with Crippen molar-refractivity contribution in [2.45, 2.75) is 38.1 Å². The third-order valence-electron chi connectivity index (χ3n) is 4.68. The van der Waals surface area contributed by atoms with Crippen molar-refractivity contribution in [2.24, 2.45) is 0 Å². The smallest absolute Gasteiger partial charge is 0.251 e. The van der Waals surface area contributed by atoms with Gasteiger partial charge in [0.05, 0.1) is 17.1 Å². The van der Waals surface area contributed by atoms with Crippen LogP contribution in [-0.2, 0) is 4.79 Å². The second kappa shape index (κ2) is 9.78. The summed E-state index contributed by atoms with van der Waals surface area (Å²) < 4.78 is 12.2. The number of nitrogens with zero attached hydrogens (tertiary/aromatic N) is 1. The quantitative estimate of drug-likeness (QED) is 0.507. The first-order chi connectivity index (χ1) is 13.7. The van der Waals surface area contributed by atoms with Crippen LogP contribution in [0.4, 0.5) is 4.39 Å². The van der Waals surface area contributed by atoms with Crippen molar-refractivity contribution in [2.75, 3.05) is 6.67 Å². The van der Waals surface area contributed by atoms with Crippen molar-refractivity contribution in [1.29, 1.82) is 0 Å². The highest BCUT2D eigenvalue weighted by atomic mass is 19.1. The van der Waals surface area contributed by atoms with E-state index in [-0.39, 0.29) is 24.2 Å². The lowest BCUT2D eigenvalue weighted by Crippen LogP contribution is -2.29. The van der Waals surface area contributed by atoms with E-state index in [4.69, 9.17) is 0 Å². The predicted molar refractivity (Wildman–Crippen MR) is 107 cm³/mol. The van der Waals surface area contributed by atoms with Crippen LogP contribution in [0.3, 0.4) is 0 Å². The minimum absolute atomic E-state index is 0.154. The number of H-pyrrole nitrogens is 1. The summed E-state index contributed by atoms with van der Waals surface area (Å²) in [6.07, 6.45) is 3.20. The Morgan fingerprint density at radius 1 is 1.00 bits per heavy atom. The van der Waals surface area contributed by atoms with Crippen LogP contribution in [0.25, 0.3) is 11.0 Å². The Labute approximate surface area is 163 Å². The lowest BCUT2D eigenvalue weighted by Gasteiger charge is -2.17. The molecule has 6 heteroatoms. The summed E-state index contributed by atoms with van der Waals surface area (Å²) in [6, 6.07) is 16.5. The summed E-state index contributed by atoms with van der Waals surface area (Å²) >= 11 is 0. The van der Waals surface area contributed by atoms with Gasteiger partial charge in [-0.2, -0.15) is 0 Å². The van der Waals surface area contributed by atoms with E-state index in [1.165, 1.54) is 0 Å². The molecule has 0 radical (unpaired) electrons. The minimum atomic E-state index is -0.894. The van der Waals surface area contributed by atoms with E-state index in [2.05, 4.69) is 15.3 Å². The maximum Gasteiger partial charge on any atom is 0.251 e. The van der Waals surface area contributed by atoms with Gasteiger partial charge in [0.2, 0.25) is 0 Å². The van der Waals surface area contributed by atoms with Crippen molar-refractivity contribution in [3.05, 3.63) is 66.0 Å². The Hall–Kier alpha value is -3.02. The highest BCUT2D eigenvalue weighted by molar-refractivity contribution is 5.94. The molecule has 0 fully saturated rings. The van der Waals surface area contributed by atoms with Gasteiger partial charge in [0, 0.05) is 12.0 Å². The zero-order valence-corrected chi connectivity index (χ0v) is 15.7. The van der Waals surface area contributed by atoms with E-state index in [0.717, 1.165) is 23.9 Å². The van der Waals surface area contributed by atoms with E-state index in [1.807, 2.05) is 42.5 Å². The highest BCUT2D eigenvalue weighted by Gasteiger charge is 2.19. The normalized spacial score (nSPS) is 12.0. The number of hydrogen-bond donors (Lipinski definition) is 2. The SMILES string of the molecule is O=C(CF)CCCCC[C@H](NC(=O)c1ccccc1)c1nc2ccccc2[nH]1. The third-order valence-corrected chi connectivity index (χ3v) is 4.68. The van der Waals surface area contributed by atoms with Gasteiger partial charge in [0.25, 0.3) is 5.91 Å². The van der Waals surface area contributed by atoms with Crippen LogP contribution in [0.15, 0.2) is 54.6 Å². The fourth-order valence-corrected chi connectivity index (χ4v) is 3.16. The zero-order valence-electron chi connectivity index (χ0n) is 15.7. The molecule has 1 atom stereocenters. The first kappa shape index (κ1) is 19.7. The van der Waals surface area contributed by atoms with Gasteiger partial charge >= 0.3 is 0 Å². The molecular formula is C22H24FN3O2. The number of imidazole rings is 1. The van der Waals surface area contributed by atoms with Crippen molar-refractivity contribution in [1.82, 2.24) is 15.3 Å². The number of fused-ring (bicyclic) bond motifs is 1. The molecule has 146 valence electrons. The lowest BCUT2D eigenvalue weighted by molar-refractivity contribution is -0.120. The maximum absolute atomic E-state index is 12.6. The third kappa shape index (κ3) is 5.25. The number of ketones is 1. The van der Waals surface area contributed by atoms with Gasteiger partial charge in [0.1, 0.15) is 12.5 Å². The molecule has 0 spiro atoms. The van der Waals surface area contributed by atoms with E-state index < -0.39 is 6.67 Å². The Kier molecular flexibility index (Phi) is 6.89. The summed E-state index contributed by atoms with van der Waals surface area (Å²) in [6.45, 7) is -0.894. The average Bonchev–Trinajstić information content (AvgIpc) is 3.17. The van der Waals surface area contributed by atoms with Crippen LogP contribution < -0.4 is 5.32 Å². The first-order valence-corrected chi connectivity index (χ1v) is 9.55. The first-order valence-electron chi connectivity index (χ1n) is 9.55. The van der Waals surface area contributed by atoms with E-state index >= 15 is 0 Å². The number of benzene rings is 2. The molecule has 2 N–H and O–H groups in total. The standard InChI is InChI=1S/C22H24FN3O2/c23-15-17(27)11-5-2-6-14-20(26-22(28)16-9-3-1-4-10-16)21-24-18-12-7-8-13-19(18)25-21/h1,3-4,7-10,12-13,20H,2,5-6,11,14-15H2,(H,24,25)(H,26,28)/t20-/m0/s1. The van der Waals surface area contributed by atoms with Crippen molar-refractivity contribution >= 4 is 22.7 Å². The number of alkyl halides is 1. The molecule has 3 rings (SSSR count). The predicted octanol–water partition coefficient (Wildman–Crippen LogP) is 4.52. The Balaban J connectivity index is 1.68. The number of halogens is 1. The molecule has 1 aromatic heterocycles. The molecule has 0 aliphatic rings. The second-order valence-corrected chi connectivity index (χ2v) is 6.80. The summed E-state index contributed by atoms with van der Waals surface area (Å²) in [7, 11) is 0. The Morgan fingerprint density at radius 2 is 1.75 bits per heavy atom. The van der Waals surface area contributed by atoms with Crippen molar-refractivity contribution in [3.8, 4) is 0 Å². The fraction of sp³-hybridized carbons (Fsp3) is 0.318. The number of carbonyl (C=O) groups is 2. The van der Waals surface area contributed by atoms with Gasteiger partial charge in [-0.05, 0) is 37.1 Å². The molecule has 2 aromatic carbocycles. The van der Waals surface area contributed by atoms with E-state index in [0.29, 0.717) is 24.2 Å². The van der Waals surface area contributed by atoms with Crippen LogP contribution in [0.5, 0.6) is 0 Å². The zero-order chi connectivity index (χ0) is 19.8. The highest BCUT2D eigenvalue weighted by Crippen LogP contribution is 2.22. The summed E-state index contributed by atoms with van der Waals surface area (Å²) in [5, 5.41) is 3.06. The molecule has 0 bridgehead atoms. The Bertz CT molecular complexity index is 891. The second-order valence-electron chi connectivity index (χ2n) is 6.80. The topological polar surface area (TPSA) is 74.8 Å². The maximum atomic E-state index is 12.6. The molecule has 0 aliphatic carbocycles. The van der Waals surface area contributed by atoms with Crippen LogP contribution in [0.2, 0.25) is 0 Å². The van der Waals surface area contributed by atoms with Gasteiger partial charge in [0.15, 0.2) is 5.78 Å². The molecular weight excluding hydrogens is 357 g/mol. The van der Waals surface area contributed by atoms with Gasteiger partial charge in [-0.1, -0.05) is 43.2 Å². The fourth-order valence-electron chi connectivity index (χ4n) is 3.16. The van der Waals surface area contributed by atoms with Crippen LogP contribution in [0.1, 0.15) is 54.3 Å². The largest absolute Gasteiger partial charge is 0.342 e. The lowest BCUT2D eigenvalue weighted by atomic mass is 10.0. The van der Waals surface area contributed by atoms with Gasteiger partial charge in [-0.15, -0.1) is 0 Å². The van der Waals surface area contributed by atoms with Gasteiger partial charge in [-0.3, -0.25) is 9.59 Å². The molecule has 1 amide bonds. The number of carbonyl (C=O) groups excluding carboxylic acids is 2. The molecule has 0 unspecified atom stereocenters. The summed E-state index contributed by atoms with van der Waals surface area (Å²) in [5.74, 6) is 0.204. The van der Waals surface area contributed by atoms with E-state index in [1.54, 1.807) is 12.1 Å². The number of unbranched alkanes of at least 4 members (excludes halogenated alkanes) is 2. The van der Waals surface area contributed by atoms with Gasteiger partial charge < -0.3 is 10.3 Å². The van der Waals surface area contributed by atoms with Crippen molar-refractivity contribution in [3.63, 3.8) is 0 Å². The minimum Gasteiger partial charge on any atom is -0.342 e. The number of rotatable bonds is 10. The van der Waals surface area contributed by atoms with Crippen LogP contribution in [0, 0.1) is 0 Å². The number of aromatic amines is 1. The van der Waals surface area contributed by atoms with Crippen LogP contribution >= 0.6 is 0 Å². The molecule has 1 heterocycles. The van der Waals surface area contributed by atoms with Gasteiger partial charge in [-0.25, -0.2) is 9.37 Å². The number of para-hydroxylation sites is 2. The number of nitrogens with one attached hydrogen (secondary N) is 2. The number of aromatic nitrogens is 2.